The number of aryl methyl sites for hydroxylation is 1. The van der Waals surface area contributed by atoms with Crippen LogP contribution in [0.2, 0.25) is 0 Å². The minimum Gasteiger partial charge on any atom is -0.270 e. The average Bonchev–Trinajstić information content (AvgIpc) is 2.98. The van der Waals surface area contributed by atoms with E-state index in [1.54, 1.807) is 6.20 Å². The van der Waals surface area contributed by atoms with Crippen molar-refractivity contribution in [2.45, 2.75) is 17.1 Å². The first-order chi connectivity index (χ1) is 11.3. The summed E-state index contributed by atoms with van der Waals surface area (Å²) in [6.07, 6.45) is 3.07. The molecule has 0 aliphatic heterocycles. The number of hydrogen-bond acceptors (Lipinski definition) is 6. The van der Waals surface area contributed by atoms with Gasteiger partial charge >= 0.3 is 0 Å². The fraction of sp³-hybridized carbons (Fsp3) is 0.0625. The van der Waals surface area contributed by atoms with E-state index in [0.717, 1.165) is 22.1 Å². The van der Waals surface area contributed by atoms with Gasteiger partial charge in [0.15, 0.2) is 11.3 Å². The molecular formula is C16H10N6S. The van der Waals surface area contributed by atoms with E-state index < -0.39 is 0 Å². The van der Waals surface area contributed by atoms with Crippen LogP contribution in [-0.2, 0) is 0 Å². The molecule has 0 fully saturated rings. The Morgan fingerprint density at radius 2 is 1.96 bits per heavy atom. The molecule has 4 rings (SSSR count). The molecule has 0 unspecified atom stereocenters. The van der Waals surface area contributed by atoms with Gasteiger partial charge in [-0.3, -0.25) is 4.40 Å². The molecule has 3 heterocycles. The van der Waals surface area contributed by atoms with Crippen LogP contribution in [0.5, 0.6) is 0 Å². The van der Waals surface area contributed by atoms with E-state index in [2.05, 4.69) is 39.2 Å². The first-order valence-corrected chi connectivity index (χ1v) is 7.72. The number of fused-ring (bicyclic) bond motifs is 3. The number of nitrogens with zero attached hydrogens (tertiary/aromatic N) is 6. The van der Waals surface area contributed by atoms with Crippen LogP contribution in [0.3, 0.4) is 0 Å². The Labute approximate surface area is 135 Å². The summed E-state index contributed by atoms with van der Waals surface area (Å²) in [4.78, 5) is 8.26. The molecule has 0 spiro atoms. The van der Waals surface area contributed by atoms with Crippen molar-refractivity contribution in [3.05, 3.63) is 54.0 Å². The van der Waals surface area contributed by atoms with Gasteiger partial charge in [-0.1, -0.05) is 18.2 Å². The quantitative estimate of drug-likeness (QED) is 0.565. The van der Waals surface area contributed by atoms with Gasteiger partial charge in [-0.25, -0.2) is 9.97 Å². The molecule has 4 aromatic rings. The van der Waals surface area contributed by atoms with Crippen molar-refractivity contribution in [2.24, 2.45) is 0 Å². The summed E-state index contributed by atoms with van der Waals surface area (Å²) in [6, 6.07) is 12.1. The number of rotatable bonds is 2. The molecular weight excluding hydrogens is 308 g/mol. The van der Waals surface area contributed by atoms with Crippen molar-refractivity contribution in [1.29, 1.82) is 5.26 Å². The van der Waals surface area contributed by atoms with Gasteiger partial charge in [-0.2, -0.15) is 5.26 Å². The minimum absolute atomic E-state index is 0.283. The molecule has 0 saturated heterocycles. The zero-order valence-corrected chi connectivity index (χ0v) is 12.9. The lowest BCUT2D eigenvalue weighted by molar-refractivity contribution is 0.929. The minimum atomic E-state index is 0.283. The van der Waals surface area contributed by atoms with Crippen LogP contribution >= 0.6 is 11.8 Å². The van der Waals surface area contributed by atoms with E-state index in [9.17, 15) is 0 Å². The van der Waals surface area contributed by atoms with E-state index in [1.807, 2.05) is 28.7 Å². The van der Waals surface area contributed by atoms with Gasteiger partial charge in [0.25, 0.3) is 0 Å². The third-order valence-corrected chi connectivity index (χ3v) is 4.47. The molecule has 0 saturated carbocycles. The van der Waals surface area contributed by atoms with Crippen LogP contribution in [0.4, 0.5) is 0 Å². The van der Waals surface area contributed by atoms with Crippen molar-refractivity contribution in [3.63, 3.8) is 0 Å². The van der Waals surface area contributed by atoms with Crippen LogP contribution in [-0.4, -0.2) is 24.6 Å². The zero-order valence-electron chi connectivity index (χ0n) is 12.1. The molecule has 0 bridgehead atoms. The molecule has 0 aliphatic carbocycles. The molecule has 23 heavy (non-hydrogen) atoms. The SMILES string of the molecule is Cc1cc2nnc(Sc3nccnc3C#N)n2c2ccccc12. The molecule has 110 valence electrons. The monoisotopic (exact) mass is 318 g/mol. The second kappa shape index (κ2) is 5.34. The van der Waals surface area contributed by atoms with Crippen molar-refractivity contribution < 1.29 is 0 Å². The van der Waals surface area contributed by atoms with Crippen LogP contribution in [0, 0.1) is 18.3 Å². The summed E-state index contributed by atoms with van der Waals surface area (Å²) in [5, 5.41) is 20.0. The van der Waals surface area contributed by atoms with Crippen LogP contribution in [0.15, 0.2) is 52.9 Å². The summed E-state index contributed by atoms with van der Waals surface area (Å²) in [7, 11) is 0. The van der Waals surface area contributed by atoms with Gasteiger partial charge in [-0.15, -0.1) is 10.2 Å². The maximum atomic E-state index is 9.16. The fourth-order valence-electron chi connectivity index (χ4n) is 2.50. The lowest BCUT2D eigenvalue weighted by Gasteiger charge is -2.07. The Hall–Kier alpha value is -2.98. The lowest BCUT2D eigenvalue weighted by Crippen LogP contribution is -1.95. The molecule has 1 aromatic carbocycles. The van der Waals surface area contributed by atoms with Crippen molar-refractivity contribution in [2.75, 3.05) is 0 Å². The number of pyridine rings is 1. The van der Waals surface area contributed by atoms with Crippen molar-refractivity contribution in [3.8, 4) is 6.07 Å². The van der Waals surface area contributed by atoms with E-state index in [4.69, 9.17) is 5.26 Å². The van der Waals surface area contributed by atoms with Crippen molar-refractivity contribution in [1.82, 2.24) is 24.6 Å². The van der Waals surface area contributed by atoms with Crippen LogP contribution in [0.25, 0.3) is 16.6 Å². The van der Waals surface area contributed by atoms with E-state index >= 15 is 0 Å². The molecule has 6 nitrogen and oxygen atoms in total. The molecule has 0 amide bonds. The summed E-state index contributed by atoms with van der Waals surface area (Å²) in [5.74, 6) is 0. The number of hydrogen-bond donors (Lipinski definition) is 0. The van der Waals surface area contributed by atoms with E-state index in [0.29, 0.717) is 10.2 Å². The zero-order chi connectivity index (χ0) is 15.8. The second-order valence-corrected chi connectivity index (χ2v) is 5.90. The highest BCUT2D eigenvalue weighted by Crippen LogP contribution is 2.30. The number of para-hydroxylation sites is 1. The van der Waals surface area contributed by atoms with Crippen LogP contribution in [0.1, 0.15) is 11.3 Å². The number of aromatic nitrogens is 5. The highest BCUT2D eigenvalue weighted by molar-refractivity contribution is 7.99. The van der Waals surface area contributed by atoms with Gasteiger partial charge in [0.05, 0.1) is 5.52 Å². The fourth-order valence-corrected chi connectivity index (χ4v) is 3.35. The molecule has 0 aliphatic rings. The highest BCUT2D eigenvalue weighted by Gasteiger charge is 2.15. The Morgan fingerprint density at radius 3 is 2.83 bits per heavy atom. The van der Waals surface area contributed by atoms with Gasteiger partial charge in [0.1, 0.15) is 11.1 Å². The summed E-state index contributed by atoms with van der Waals surface area (Å²) in [6.45, 7) is 2.06. The molecule has 0 atom stereocenters. The third-order valence-electron chi connectivity index (χ3n) is 3.53. The maximum absolute atomic E-state index is 9.16. The van der Waals surface area contributed by atoms with E-state index in [1.165, 1.54) is 18.0 Å². The predicted octanol–water partition coefficient (Wildman–Crippen LogP) is 3.00. The first kappa shape index (κ1) is 13.7. The van der Waals surface area contributed by atoms with Gasteiger partial charge in [-0.05, 0) is 36.4 Å². The Morgan fingerprint density at radius 1 is 1.13 bits per heavy atom. The second-order valence-electron chi connectivity index (χ2n) is 4.94. The maximum Gasteiger partial charge on any atom is 0.202 e. The summed E-state index contributed by atoms with van der Waals surface area (Å²) in [5.41, 5.74) is 3.23. The Balaban J connectivity index is 1.95. The summed E-state index contributed by atoms with van der Waals surface area (Å²) < 4.78 is 1.98. The van der Waals surface area contributed by atoms with Gasteiger partial charge in [0.2, 0.25) is 5.16 Å². The highest BCUT2D eigenvalue weighted by atomic mass is 32.2. The molecule has 3 aromatic heterocycles. The molecule has 0 N–H and O–H groups in total. The largest absolute Gasteiger partial charge is 0.270 e. The van der Waals surface area contributed by atoms with E-state index in [-0.39, 0.29) is 5.69 Å². The first-order valence-electron chi connectivity index (χ1n) is 6.90. The Bertz CT molecular complexity index is 1080. The van der Waals surface area contributed by atoms with Crippen molar-refractivity contribution >= 4 is 28.3 Å². The molecule has 0 radical (unpaired) electrons. The van der Waals surface area contributed by atoms with Crippen LogP contribution < -0.4 is 0 Å². The molecule has 7 heteroatoms. The normalized spacial score (nSPS) is 11.0. The third kappa shape index (κ3) is 2.20. The standard InChI is InChI=1S/C16H10N6S/c1-10-8-14-20-21-16(22(14)13-5-3-2-4-11(10)13)23-15-12(9-17)18-6-7-19-15/h2-8H,1H3. The Kier molecular flexibility index (Phi) is 3.17. The predicted molar refractivity (Wildman–Crippen MR) is 86.1 cm³/mol. The smallest absolute Gasteiger partial charge is 0.202 e. The number of benzene rings is 1. The average molecular weight is 318 g/mol. The summed E-state index contributed by atoms with van der Waals surface area (Å²) >= 11 is 1.29. The topological polar surface area (TPSA) is 79.8 Å². The lowest BCUT2D eigenvalue weighted by atomic mass is 10.1. The van der Waals surface area contributed by atoms with Gasteiger partial charge < -0.3 is 0 Å². The van der Waals surface area contributed by atoms with Gasteiger partial charge in [0, 0.05) is 17.8 Å². The number of nitriles is 1.